The number of ether oxygens (including phenoxy) is 1. The summed E-state index contributed by atoms with van der Waals surface area (Å²) in [5.74, 6) is 0.0416. The number of hydrogen-bond donors (Lipinski definition) is 1. The second kappa shape index (κ2) is 10.4. The molecule has 18 heavy (non-hydrogen) atoms. The Bertz CT molecular complexity index is 254. The number of nitrogens with one attached hydrogen (secondary N) is 1. The predicted molar refractivity (Wildman–Crippen MR) is 71.5 cm³/mol. The van der Waals surface area contributed by atoms with E-state index in [0.29, 0.717) is 12.5 Å². The molecular formula is C12H25NO4P+. The Kier molecular flexibility index (Phi) is 10.1. The molecule has 0 saturated carbocycles. The average molecular weight is 278 g/mol. The summed E-state index contributed by atoms with van der Waals surface area (Å²) in [4.78, 5) is 11.6. The van der Waals surface area contributed by atoms with Crippen LogP contribution in [0.2, 0.25) is 0 Å². The third-order valence-corrected chi connectivity index (χ3v) is 3.60. The molecule has 0 fully saturated rings. The Balaban J connectivity index is 4.01. The molecule has 0 aromatic heterocycles. The summed E-state index contributed by atoms with van der Waals surface area (Å²) in [5, 5.41) is 2.53. The van der Waals surface area contributed by atoms with Crippen LogP contribution in [0.3, 0.4) is 0 Å². The molecule has 0 aliphatic carbocycles. The molecule has 0 spiro atoms. The molecule has 106 valence electrons. The zero-order valence-corrected chi connectivity index (χ0v) is 12.7. The predicted octanol–water partition coefficient (Wildman–Crippen LogP) is 3.03. The van der Waals surface area contributed by atoms with Crippen molar-refractivity contribution in [2.75, 3.05) is 13.7 Å². The maximum atomic E-state index is 11.6. The first kappa shape index (κ1) is 17.5. The molecule has 0 bridgehead atoms. The molecule has 6 heteroatoms. The van der Waals surface area contributed by atoms with E-state index in [1.165, 1.54) is 7.11 Å². The van der Waals surface area contributed by atoms with Gasteiger partial charge in [0.05, 0.1) is 13.7 Å². The lowest BCUT2D eigenvalue weighted by atomic mass is 9.99. The lowest BCUT2D eigenvalue weighted by Crippen LogP contribution is -2.32. The van der Waals surface area contributed by atoms with Crippen molar-refractivity contribution in [1.29, 1.82) is 0 Å². The molecule has 0 saturated heterocycles. The van der Waals surface area contributed by atoms with Crippen LogP contribution in [0.5, 0.6) is 0 Å². The maximum absolute atomic E-state index is 11.6. The van der Waals surface area contributed by atoms with Crippen molar-refractivity contribution >= 4 is 14.1 Å². The zero-order chi connectivity index (χ0) is 14.0. The van der Waals surface area contributed by atoms with Gasteiger partial charge in [-0.05, 0) is 30.2 Å². The second-order valence-electron chi connectivity index (χ2n) is 4.36. The molecule has 1 unspecified atom stereocenters. The standard InChI is InChI=1S/C12H25NO4P/c1-5-7-11(8-6-2)9-17-12(14)10(3)13-18(15)16-4/h10-11H,5-9H2,1-4H3,(H,13,15)/q+1/t10-/m0/s1. The van der Waals surface area contributed by atoms with Gasteiger partial charge in [0, 0.05) is 0 Å². The third-order valence-electron chi connectivity index (χ3n) is 2.67. The van der Waals surface area contributed by atoms with E-state index in [2.05, 4.69) is 23.5 Å². The van der Waals surface area contributed by atoms with Gasteiger partial charge >= 0.3 is 14.1 Å². The average Bonchev–Trinajstić information content (AvgIpc) is 2.35. The van der Waals surface area contributed by atoms with Crippen LogP contribution in [0, 0.1) is 5.92 Å². The quantitative estimate of drug-likeness (QED) is 0.491. The Hall–Kier alpha value is -0.510. The van der Waals surface area contributed by atoms with E-state index in [1.54, 1.807) is 6.92 Å². The topological polar surface area (TPSA) is 64.6 Å². The zero-order valence-electron chi connectivity index (χ0n) is 11.8. The summed E-state index contributed by atoms with van der Waals surface area (Å²) in [6.45, 7) is 6.30. The van der Waals surface area contributed by atoms with E-state index in [0.717, 1.165) is 25.7 Å². The maximum Gasteiger partial charge on any atom is 0.613 e. The van der Waals surface area contributed by atoms with Crippen molar-refractivity contribution in [2.24, 2.45) is 5.92 Å². The van der Waals surface area contributed by atoms with Crippen LogP contribution in [-0.2, 0) is 18.6 Å². The molecule has 0 aromatic rings. The van der Waals surface area contributed by atoms with Gasteiger partial charge in [-0.15, -0.1) is 4.52 Å². The van der Waals surface area contributed by atoms with Gasteiger partial charge in [0.25, 0.3) is 0 Å². The Morgan fingerprint density at radius 2 is 1.83 bits per heavy atom. The third kappa shape index (κ3) is 7.75. The lowest BCUT2D eigenvalue weighted by Gasteiger charge is -2.16. The summed E-state index contributed by atoms with van der Waals surface area (Å²) in [6.07, 6.45) is 4.31. The summed E-state index contributed by atoms with van der Waals surface area (Å²) in [5.41, 5.74) is 0. The first-order valence-corrected chi connectivity index (χ1v) is 7.67. The number of hydrogen-bond acceptors (Lipinski definition) is 4. The molecule has 2 atom stereocenters. The molecule has 0 radical (unpaired) electrons. The smallest absolute Gasteiger partial charge is 0.464 e. The van der Waals surface area contributed by atoms with Gasteiger partial charge < -0.3 is 4.74 Å². The molecule has 0 rings (SSSR count). The van der Waals surface area contributed by atoms with E-state index < -0.39 is 14.2 Å². The number of carbonyl (C=O) groups is 1. The second-order valence-corrected chi connectivity index (χ2v) is 5.50. The lowest BCUT2D eigenvalue weighted by molar-refractivity contribution is -0.146. The minimum atomic E-state index is -1.99. The van der Waals surface area contributed by atoms with Crippen LogP contribution in [0.15, 0.2) is 0 Å². The van der Waals surface area contributed by atoms with Crippen LogP contribution in [0.4, 0.5) is 0 Å². The van der Waals surface area contributed by atoms with E-state index >= 15 is 0 Å². The molecular weight excluding hydrogens is 253 g/mol. The van der Waals surface area contributed by atoms with E-state index in [4.69, 9.17) is 4.74 Å². The highest BCUT2D eigenvalue weighted by molar-refractivity contribution is 7.36. The number of rotatable bonds is 10. The Morgan fingerprint density at radius 3 is 2.28 bits per heavy atom. The van der Waals surface area contributed by atoms with Crippen molar-refractivity contribution < 1.29 is 18.6 Å². The normalized spacial score (nSPS) is 13.5. The molecule has 0 heterocycles. The summed E-state index contributed by atoms with van der Waals surface area (Å²) in [6, 6.07) is -0.613. The van der Waals surface area contributed by atoms with Gasteiger partial charge in [0.15, 0.2) is 0 Å². The molecule has 0 amide bonds. The van der Waals surface area contributed by atoms with Crippen LogP contribution in [0.25, 0.3) is 0 Å². The highest BCUT2D eigenvalue weighted by Gasteiger charge is 2.26. The van der Waals surface area contributed by atoms with E-state index in [-0.39, 0.29) is 5.97 Å². The van der Waals surface area contributed by atoms with E-state index in [9.17, 15) is 9.36 Å². The minimum Gasteiger partial charge on any atom is -0.464 e. The van der Waals surface area contributed by atoms with Gasteiger partial charge in [-0.2, -0.15) is 0 Å². The summed E-state index contributed by atoms with van der Waals surface area (Å²) >= 11 is 0. The Morgan fingerprint density at radius 1 is 1.28 bits per heavy atom. The highest BCUT2D eigenvalue weighted by atomic mass is 31.1. The van der Waals surface area contributed by atoms with Crippen LogP contribution < -0.4 is 5.09 Å². The van der Waals surface area contributed by atoms with Crippen molar-refractivity contribution in [3.05, 3.63) is 0 Å². The molecule has 0 aromatic carbocycles. The summed E-state index contributed by atoms with van der Waals surface area (Å²) < 4.78 is 20.9. The summed E-state index contributed by atoms with van der Waals surface area (Å²) in [7, 11) is -0.669. The van der Waals surface area contributed by atoms with Crippen molar-refractivity contribution in [2.45, 2.75) is 52.5 Å². The largest absolute Gasteiger partial charge is 0.613 e. The van der Waals surface area contributed by atoms with Gasteiger partial charge in [0.1, 0.15) is 6.04 Å². The molecule has 0 aliphatic rings. The van der Waals surface area contributed by atoms with Crippen LogP contribution in [0.1, 0.15) is 46.5 Å². The first-order valence-electron chi connectivity index (χ1n) is 6.49. The van der Waals surface area contributed by atoms with Gasteiger partial charge in [-0.25, -0.2) is 0 Å². The SMILES string of the molecule is CCCC(CCC)COC(=O)[C@H](C)N[P+](=O)OC. The number of esters is 1. The fourth-order valence-corrected chi connectivity index (χ4v) is 2.24. The fraction of sp³-hybridized carbons (Fsp3) is 0.917. The molecule has 0 aliphatic heterocycles. The van der Waals surface area contributed by atoms with Crippen LogP contribution in [-0.4, -0.2) is 25.7 Å². The highest BCUT2D eigenvalue weighted by Crippen LogP contribution is 2.17. The molecule has 5 nitrogen and oxygen atoms in total. The van der Waals surface area contributed by atoms with Crippen LogP contribution >= 0.6 is 8.18 Å². The number of carbonyl (C=O) groups excluding carboxylic acids is 1. The van der Waals surface area contributed by atoms with Crippen molar-refractivity contribution in [3.63, 3.8) is 0 Å². The van der Waals surface area contributed by atoms with Gasteiger partial charge in [0.2, 0.25) is 0 Å². The first-order chi connectivity index (χ1) is 8.54. The fourth-order valence-electron chi connectivity index (χ4n) is 1.72. The monoisotopic (exact) mass is 278 g/mol. The molecule has 1 N–H and O–H groups in total. The van der Waals surface area contributed by atoms with Gasteiger partial charge in [-0.1, -0.05) is 31.8 Å². The minimum absolute atomic E-state index is 0.382. The van der Waals surface area contributed by atoms with Gasteiger partial charge in [-0.3, -0.25) is 4.79 Å². The Labute approximate surface area is 111 Å². The van der Waals surface area contributed by atoms with Crippen molar-refractivity contribution in [3.8, 4) is 0 Å². The van der Waals surface area contributed by atoms with Crippen molar-refractivity contribution in [1.82, 2.24) is 5.09 Å². The van der Waals surface area contributed by atoms with E-state index in [1.807, 2.05) is 0 Å².